The maximum atomic E-state index is 4.38. The minimum atomic E-state index is 0.680. The monoisotopic (exact) mass is 270 g/mol. The highest BCUT2D eigenvalue weighted by Crippen LogP contribution is 2.29. The molecule has 0 aliphatic heterocycles. The Hall–Kier alpha value is -0.840. The van der Waals surface area contributed by atoms with E-state index in [9.17, 15) is 0 Å². The highest BCUT2D eigenvalue weighted by molar-refractivity contribution is 9.10. The van der Waals surface area contributed by atoms with Crippen molar-refractivity contribution in [2.45, 2.75) is 19.8 Å². The van der Waals surface area contributed by atoms with Gasteiger partial charge in [0.1, 0.15) is 5.82 Å². The summed E-state index contributed by atoms with van der Waals surface area (Å²) in [6, 6.07) is 0. The van der Waals surface area contributed by atoms with Gasteiger partial charge < -0.3 is 10.6 Å². The van der Waals surface area contributed by atoms with Gasteiger partial charge in [-0.05, 0) is 41.6 Å². The molecule has 5 heteroatoms. The predicted molar refractivity (Wildman–Crippen MR) is 65.1 cm³/mol. The van der Waals surface area contributed by atoms with Gasteiger partial charge >= 0.3 is 0 Å². The summed E-state index contributed by atoms with van der Waals surface area (Å²) < 4.78 is 0.921. The highest BCUT2D eigenvalue weighted by atomic mass is 79.9. The van der Waals surface area contributed by atoms with Crippen LogP contribution in [0, 0.1) is 5.92 Å². The second-order valence-corrected chi connectivity index (χ2v) is 4.60. The van der Waals surface area contributed by atoms with Crippen LogP contribution in [0.25, 0.3) is 0 Å². The molecule has 1 fully saturated rings. The van der Waals surface area contributed by atoms with Crippen LogP contribution in [0.1, 0.15) is 19.8 Å². The molecule has 82 valence electrons. The number of nitrogens with zero attached hydrogens (tertiary/aromatic N) is 2. The molecule has 2 rings (SSSR count). The Morgan fingerprint density at radius 3 is 2.93 bits per heavy atom. The molecule has 0 unspecified atom stereocenters. The quantitative estimate of drug-likeness (QED) is 0.863. The number of aromatic nitrogens is 2. The zero-order valence-corrected chi connectivity index (χ0v) is 10.3. The zero-order valence-electron chi connectivity index (χ0n) is 8.76. The summed E-state index contributed by atoms with van der Waals surface area (Å²) in [7, 11) is 0. The van der Waals surface area contributed by atoms with E-state index in [1.807, 2.05) is 6.92 Å². The third-order valence-electron chi connectivity index (χ3n) is 2.33. The molecule has 1 heterocycles. The molecule has 0 radical (unpaired) electrons. The van der Waals surface area contributed by atoms with Crippen molar-refractivity contribution in [2.75, 3.05) is 23.7 Å². The number of hydrogen-bond acceptors (Lipinski definition) is 4. The van der Waals surface area contributed by atoms with Crippen LogP contribution in [-0.4, -0.2) is 23.1 Å². The second-order valence-electron chi connectivity index (χ2n) is 3.74. The van der Waals surface area contributed by atoms with E-state index in [1.165, 1.54) is 12.8 Å². The van der Waals surface area contributed by atoms with Gasteiger partial charge in [0, 0.05) is 19.3 Å². The molecule has 0 aromatic carbocycles. The van der Waals surface area contributed by atoms with E-state index >= 15 is 0 Å². The SMILES string of the molecule is CCNc1ncc(Br)c(NCC2CC2)n1. The van der Waals surface area contributed by atoms with E-state index in [4.69, 9.17) is 0 Å². The molecule has 0 atom stereocenters. The van der Waals surface area contributed by atoms with Crippen molar-refractivity contribution in [3.8, 4) is 0 Å². The van der Waals surface area contributed by atoms with Crippen molar-refractivity contribution in [3.63, 3.8) is 0 Å². The first-order valence-corrected chi connectivity index (χ1v) is 6.09. The van der Waals surface area contributed by atoms with Gasteiger partial charge in [-0.3, -0.25) is 0 Å². The normalized spacial score (nSPS) is 15.1. The van der Waals surface area contributed by atoms with Gasteiger partial charge in [-0.2, -0.15) is 4.98 Å². The van der Waals surface area contributed by atoms with Gasteiger partial charge in [0.05, 0.1) is 4.47 Å². The van der Waals surface area contributed by atoms with E-state index in [0.717, 1.165) is 29.3 Å². The largest absolute Gasteiger partial charge is 0.369 e. The molecule has 0 amide bonds. The molecule has 0 bridgehead atoms. The summed E-state index contributed by atoms with van der Waals surface area (Å²) in [4.78, 5) is 8.54. The average Bonchev–Trinajstić information content (AvgIpc) is 3.03. The third-order valence-corrected chi connectivity index (χ3v) is 2.91. The van der Waals surface area contributed by atoms with Gasteiger partial charge in [0.2, 0.25) is 5.95 Å². The maximum absolute atomic E-state index is 4.38. The van der Waals surface area contributed by atoms with Crippen molar-refractivity contribution >= 4 is 27.7 Å². The molecule has 1 aliphatic carbocycles. The van der Waals surface area contributed by atoms with Crippen LogP contribution in [-0.2, 0) is 0 Å². The minimum absolute atomic E-state index is 0.680. The van der Waals surface area contributed by atoms with Crippen LogP contribution in [0.2, 0.25) is 0 Å². The first-order chi connectivity index (χ1) is 7.29. The van der Waals surface area contributed by atoms with Gasteiger partial charge in [-0.25, -0.2) is 4.98 Å². The van der Waals surface area contributed by atoms with Gasteiger partial charge in [-0.15, -0.1) is 0 Å². The average molecular weight is 271 g/mol. The van der Waals surface area contributed by atoms with Crippen molar-refractivity contribution in [1.29, 1.82) is 0 Å². The lowest BCUT2D eigenvalue weighted by Gasteiger charge is -2.08. The fourth-order valence-corrected chi connectivity index (χ4v) is 1.63. The number of anilines is 2. The number of hydrogen-bond donors (Lipinski definition) is 2. The second kappa shape index (κ2) is 4.79. The maximum Gasteiger partial charge on any atom is 0.224 e. The standard InChI is InChI=1S/C10H15BrN4/c1-2-12-10-14-6-8(11)9(15-10)13-5-7-3-4-7/h6-7H,2-5H2,1H3,(H2,12,13,14,15). The zero-order chi connectivity index (χ0) is 10.7. The fraction of sp³-hybridized carbons (Fsp3) is 0.600. The van der Waals surface area contributed by atoms with Crippen LogP contribution < -0.4 is 10.6 Å². The molecule has 1 aromatic rings. The Morgan fingerprint density at radius 2 is 2.27 bits per heavy atom. The Kier molecular flexibility index (Phi) is 3.41. The topological polar surface area (TPSA) is 49.8 Å². The van der Waals surface area contributed by atoms with Crippen molar-refractivity contribution in [1.82, 2.24) is 9.97 Å². The molecule has 1 aliphatic rings. The van der Waals surface area contributed by atoms with Gasteiger partial charge in [0.15, 0.2) is 0 Å². The van der Waals surface area contributed by atoms with Crippen LogP contribution in [0.5, 0.6) is 0 Å². The van der Waals surface area contributed by atoms with E-state index < -0.39 is 0 Å². The number of nitrogens with one attached hydrogen (secondary N) is 2. The Bertz CT molecular complexity index is 338. The number of rotatable bonds is 5. The summed E-state index contributed by atoms with van der Waals surface area (Å²) in [5, 5.41) is 6.43. The molecule has 0 spiro atoms. The van der Waals surface area contributed by atoms with E-state index in [0.29, 0.717) is 5.95 Å². The Labute approximate surface area is 98.0 Å². The smallest absolute Gasteiger partial charge is 0.224 e. The van der Waals surface area contributed by atoms with E-state index in [-0.39, 0.29) is 0 Å². The molecule has 4 nitrogen and oxygen atoms in total. The first-order valence-electron chi connectivity index (χ1n) is 5.30. The molecule has 1 aromatic heterocycles. The lowest BCUT2D eigenvalue weighted by atomic mass is 10.4. The molecule has 2 N–H and O–H groups in total. The molecular weight excluding hydrogens is 256 g/mol. The number of halogens is 1. The molecular formula is C10H15BrN4. The van der Waals surface area contributed by atoms with Crippen molar-refractivity contribution < 1.29 is 0 Å². The van der Waals surface area contributed by atoms with Crippen LogP contribution >= 0.6 is 15.9 Å². The fourth-order valence-electron chi connectivity index (χ4n) is 1.30. The van der Waals surface area contributed by atoms with Gasteiger partial charge in [-0.1, -0.05) is 0 Å². The lowest BCUT2D eigenvalue weighted by Crippen LogP contribution is -2.09. The van der Waals surface area contributed by atoms with E-state index in [1.54, 1.807) is 6.20 Å². The van der Waals surface area contributed by atoms with E-state index in [2.05, 4.69) is 36.5 Å². The van der Waals surface area contributed by atoms with Crippen LogP contribution in [0.15, 0.2) is 10.7 Å². The summed E-state index contributed by atoms with van der Waals surface area (Å²) >= 11 is 3.44. The lowest BCUT2D eigenvalue weighted by molar-refractivity contribution is 0.879. The predicted octanol–water partition coefficient (Wildman–Crippen LogP) is 2.49. The third kappa shape index (κ3) is 3.06. The van der Waals surface area contributed by atoms with Gasteiger partial charge in [0.25, 0.3) is 0 Å². The Morgan fingerprint density at radius 1 is 1.47 bits per heavy atom. The summed E-state index contributed by atoms with van der Waals surface area (Å²) in [5.41, 5.74) is 0. The summed E-state index contributed by atoms with van der Waals surface area (Å²) in [6.45, 7) is 3.88. The molecule has 0 saturated heterocycles. The van der Waals surface area contributed by atoms with Crippen molar-refractivity contribution in [3.05, 3.63) is 10.7 Å². The molecule has 15 heavy (non-hydrogen) atoms. The van der Waals surface area contributed by atoms with Crippen LogP contribution in [0.3, 0.4) is 0 Å². The summed E-state index contributed by atoms with van der Waals surface area (Å²) in [5.74, 6) is 2.40. The first kappa shape index (κ1) is 10.7. The summed E-state index contributed by atoms with van der Waals surface area (Å²) in [6.07, 6.45) is 4.46. The van der Waals surface area contributed by atoms with Crippen LogP contribution in [0.4, 0.5) is 11.8 Å². The minimum Gasteiger partial charge on any atom is -0.369 e. The Balaban J connectivity index is 2.01. The highest BCUT2D eigenvalue weighted by Gasteiger charge is 2.21. The van der Waals surface area contributed by atoms with Crippen molar-refractivity contribution in [2.24, 2.45) is 5.92 Å². The molecule has 1 saturated carbocycles.